The fourth-order valence-electron chi connectivity index (χ4n) is 0.918. The molecule has 1 heterocycles. The first kappa shape index (κ1) is 11.3. The molecule has 0 unspecified atom stereocenters. The summed E-state index contributed by atoms with van der Waals surface area (Å²) in [5, 5.41) is 3.92. The Balaban J connectivity index is 2.23. The highest BCUT2D eigenvalue weighted by atomic mass is 32.2. The lowest BCUT2D eigenvalue weighted by molar-refractivity contribution is 0.600. The average Bonchev–Trinajstić information content (AvgIpc) is 2.44. The molecule has 14 heavy (non-hydrogen) atoms. The maximum Gasteiger partial charge on any atom is 0.147 e. The Bertz CT molecular complexity index is 385. The molecule has 1 aromatic heterocycles. The predicted molar refractivity (Wildman–Crippen MR) is 59.3 cm³/mol. The minimum atomic E-state index is -2.85. The summed E-state index contributed by atoms with van der Waals surface area (Å²) in [5.41, 5.74) is 5.42. The van der Waals surface area contributed by atoms with E-state index in [2.05, 4.69) is 9.69 Å². The highest BCUT2D eigenvalue weighted by Crippen LogP contribution is 2.16. The van der Waals surface area contributed by atoms with Gasteiger partial charge in [-0.3, -0.25) is 0 Å². The maximum atomic E-state index is 10.8. The number of rotatable bonds is 5. The van der Waals surface area contributed by atoms with E-state index in [0.717, 1.165) is 5.00 Å². The molecule has 0 fully saturated rings. The van der Waals surface area contributed by atoms with Crippen LogP contribution in [0.25, 0.3) is 0 Å². The summed E-state index contributed by atoms with van der Waals surface area (Å²) in [6.07, 6.45) is 1.83. The van der Waals surface area contributed by atoms with Crippen LogP contribution in [0.4, 0.5) is 10.8 Å². The van der Waals surface area contributed by atoms with Crippen molar-refractivity contribution in [3.05, 3.63) is 6.07 Å². The topological polar surface area (TPSA) is 85.1 Å². The third-order valence-electron chi connectivity index (χ3n) is 1.52. The highest BCUT2D eigenvalue weighted by molar-refractivity contribution is 7.90. The largest absolute Gasteiger partial charge is 0.383 e. The fraction of sp³-hybridized carbons (Fsp3) is 0.571. The molecule has 0 aliphatic rings. The van der Waals surface area contributed by atoms with Crippen molar-refractivity contribution in [2.24, 2.45) is 0 Å². The van der Waals surface area contributed by atoms with Crippen LogP contribution in [0.1, 0.15) is 6.42 Å². The standard InChI is InChI=1S/C7H13N3O2S2/c1-14(11,12)4-2-3-9-7-5-6(8)10-13-7/h5,9H,2-4H2,1H3,(H2,8,10). The molecule has 0 saturated heterocycles. The van der Waals surface area contributed by atoms with Gasteiger partial charge in [0.1, 0.15) is 20.7 Å². The second-order valence-corrected chi connectivity index (χ2v) is 6.09. The van der Waals surface area contributed by atoms with Gasteiger partial charge in [0.15, 0.2) is 0 Å². The number of hydrogen-bond donors (Lipinski definition) is 2. The van der Waals surface area contributed by atoms with E-state index in [0.29, 0.717) is 18.8 Å². The summed E-state index contributed by atoms with van der Waals surface area (Å²) < 4.78 is 25.5. The lowest BCUT2D eigenvalue weighted by Gasteiger charge is -2.00. The molecule has 0 bridgehead atoms. The Morgan fingerprint density at radius 1 is 1.64 bits per heavy atom. The summed E-state index contributed by atoms with van der Waals surface area (Å²) in [5.74, 6) is 0.689. The number of nitrogens with zero attached hydrogens (tertiary/aromatic N) is 1. The van der Waals surface area contributed by atoms with Crippen molar-refractivity contribution in [2.45, 2.75) is 6.42 Å². The molecule has 1 aromatic rings. The zero-order chi connectivity index (χ0) is 10.6. The van der Waals surface area contributed by atoms with Crippen LogP contribution in [0.5, 0.6) is 0 Å². The SMILES string of the molecule is CS(=O)(=O)CCCNc1cc(N)ns1. The van der Waals surface area contributed by atoms with Gasteiger partial charge >= 0.3 is 0 Å². The molecule has 3 N–H and O–H groups in total. The maximum absolute atomic E-state index is 10.8. The van der Waals surface area contributed by atoms with Gasteiger partial charge in [-0.2, -0.15) is 4.37 Å². The fourth-order valence-corrected chi connectivity index (χ4v) is 2.18. The molecule has 0 amide bonds. The molecule has 0 aliphatic heterocycles. The van der Waals surface area contributed by atoms with Gasteiger partial charge in [0.2, 0.25) is 0 Å². The van der Waals surface area contributed by atoms with Crippen molar-refractivity contribution in [2.75, 3.05) is 29.6 Å². The third kappa shape index (κ3) is 4.43. The van der Waals surface area contributed by atoms with E-state index in [4.69, 9.17) is 5.73 Å². The first-order chi connectivity index (χ1) is 6.47. The van der Waals surface area contributed by atoms with Crippen LogP contribution < -0.4 is 11.1 Å². The molecular weight excluding hydrogens is 222 g/mol. The van der Waals surface area contributed by atoms with Gasteiger partial charge in [-0.25, -0.2) is 8.42 Å². The normalized spacial score (nSPS) is 11.5. The van der Waals surface area contributed by atoms with Crippen LogP contribution >= 0.6 is 11.5 Å². The van der Waals surface area contributed by atoms with E-state index < -0.39 is 9.84 Å². The lowest BCUT2D eigenvalue weighted by atomic mass is 10.5. The zero-order valence-corrected chi connectivity index (χ0v) is 9.49. The van der Waals surface area contributed by atoms with Crippen molar-refractivity contribution in [1.29, 1.82) is 0 Å². The average molecular weight is 235 g/mol. The van der Waals surface area contributed by atoms with Crippen LogP contribution in [-0.2, 0) is 9.84 Å². The number of hydrogen-bond acceptors (Lipinski definition) is 6. The second-order valence-electron chi connectivity index (χ2n) is 3.03. The number of nitrogens with one attached hydrogen (secondary N) is 1. The summed E-state index contributed by atoms with van der Waals surface area (Å²) in [4.78, 5) is 0. The van der Waals surface area contributed by atoms with Gasteiger partial charge in [-0.05, 0) is 18.0 Å². The molecule has 0 spiro atoms. The smallest absolute Gasteiger partial charge is 0.147 e. The Labute approximate surface area is 87.4 Å². The van der Waals surface area contributed by atoms with Crippen LogP contribution in [0.3, 0.4) is 0 Å². The van der Waals surface area contributed by atoms with Crippen molar-refractivity contribution in [3.8, 4) is 0 Å². The summed E-state index contributed by atoms with van der Waals surface area (Å²) in [6.45, 7) is 0.620. The van der Waals surface area contributed by atoms with E-state index in [9.17, 15) is 8.42 Å². The van der Waals surface area contributed by atoms with Gasteiger partial charge in [-0.15, -0.1) is 0 Å². The summed E-state index contributed by atoms with van der Waals surface area (Å²) >= 11 is 1.27. The van der Waals surface area contributed by atoms with Gasteiger partial charge < -0.3 is 11.1 Å². The third-order valence-corrected chi connectivity index (χ3v) is 3.31. The van der Waals surface area contributed by atoms with E-state index in [-0.39, 0.29) is 5.75 Å². The first-order valence-corrected chi connectivity index (χ1v) is 6.94. The molecular formula is C7H13N3O2S2. The van der Waals surface area contributed by atoms with Gasteiger partial charge in [0, 0.05) is 18.9 Å². The number of nitrogen functional groups attached to an aromatic ring is 1. The van der Waals surface area contributed by atoms with E-state index in [1.165, 1.54) is 17.8 Å². The van der Waals surface area contributed by atoms with Crippen molar-refractivity contribution in [1.82, 2.24) is 4.37 Å². The van der Waals surface area contributed by atoms with Gasteiger partial charge in [0.25, 0.3) is 0 Å². The molecule has 7 heteroatoms. The highest BCUT2D eigenvalue weighted by Gasteiger charge is 2.02. The second kappa shape index (κ2) is 4.61. The van der Waals surface area contributed by atoms with Crippen molar-refractivity contribution >= 4 is 32.2 Å². The van der Waals surface area contributed by atoms with E-state index in [1.807, 2.05) is 0 Å². The Kier molecular flexibility index (Phi) is 3.70. The molecule has 5 nitrogen and oxygen atoms in total. The van der Waals surface area contributed by atoms with Crippen LogP contribution in [0.2, 0.25) is 0 Å². The minimum Gasteiger partial charge on any atom is -0.383 e. The predicted octanol–water partition coefficient (Wildman–Crippen LogP) is 0.572. The van der Waals surface area contributed by atoms with E-state index >= 15 is 0 Å². The van der Waals surface area contributed by atoms with Crippen LogP contribution in [0, 0.1) is 0 Å². The van der Waals surface area contributed by atoms with E-state index in [1.54, 1.807) is 6.07 Å². The Morgan fingerprint density at radius 2 is 2.36 bits per heavy atom. The quantitative estimate of drug-likeness (QED) is 0.729. The summed E-state index contributed by atoms with van der Waals surface area (Å²) in [7, 11) is -2.85. The van der Waals surface area contributed by atoms with Gasteiger partial charge in [-0.1, -0.05) is 0 Å². The van der Waals surface area contributed by atoms with Crippen molar-refractivity contribution < 1.29 is 8.42 Å². The molecule has 80 valence electrons. The molecule has 0 radical (unpaired) electrons. The van der Waals surface area contributed by atoms with Gasteiger partial charge in [0.05, 0.1) is 5.75 Å². The first-order valence-electron chi connectivity index (χ1n) is 4.11. The van der Waals surface area contributed by atoms with Crippen LogP contribution in [-0.4, -0.2) is 31.3 Å². The van der Waals surface area contributed by atoms with Crippen LogP contribution in [0.15, 0.2) is 6.07 Å². The molecule has 0 aliphatic carbocycles. The number of nitrogens with two attached hydrogens (primary N) is 1. The number of sulfone groups is 1. The number of anilines is 2. The molecule has 1 rings (SSSR count). The Morgan fingerprint density at radius 3 is 2.86 bits per heavy atom. The van der Waals surface area contributed by atoms with Crippen molar-refractivity contribution in [3.63, 3.8) is 0 Å². The lowest BCUT2D eigenvalue weighted by Crippen LogP contribution is -2.09. The molecule has 0 atom stereocenters. The zero-order valence-electron chi connectivity index (χ0n) is 7.86. The molecule has 0 aromatic carbocycles. The number of aromatic nitrogens is 1. The summed E-state index contributed by atoms with van der Waals surface area (Å²) in [6, 6.07) is 1.73. The molecule has 0 saturated carbocycles. The minimum absolute atomic E-state index is 0.203. The monoisotopic (exact) mass is 235 g/mol. The Hall–Kier alpha value is -0.820.